The topological polar surface area (TPSA) is 33.3 Å². The van der Waals surface area contributed by atoms with Crippen molar-refractivity contribution < 1.29 is 13.5 Å². The number of rotatable bonds is 7. The number of hydrogen-bond acceptors (Lipinski definition) is 3. The van der Waals surface area contributed by atoms with Gasteiger partial charge < -0.3 is 15.4 Å². The van der Waals surface area contributed by atoms with Gasteiger partial charge in [-0.2, -0.15) is 8.78 Å². The zero-order valence-corrected chi connectivity index (χ0v) is 11.7. The first-order valence-corrected chi connectivity index (χ1v) is 6.36. The van der Waals surface area contributed by atoms with Crippen molar-refractivity contribution in [2.75, 3.05) is 13.1 Å². The van der Waals surface area contributed by atoms with Gasteiger partial charge in [0.25, 0.3) is 0 Å². The summed E-state index contributed by atoms with van der Waals surface area (Å²) >= 11 is 0. The maximum atomic E-state index is 12.0. The number of ether oxygens (including phenoxy) is 1. The number of alkyl halides is 2. The van der Waals surface area contributed by atoms with Crippen molar-refractivity contribution in [2.24, 2.45) is 0 Å². The quantitative estimate of drug-likeness (QED) is 0.749. The molecule has 0 amide bonds. The van der Waals surface area contributed by atoms with Gasteiger partial charge in [0.2, 0.25) is 0 Å². The molecule has 0 radical (unpaired) electrons. The van der Waals surface area contributed by atoms with Gasteiger partial charge in [-0.15, -0.1) is 0 Å². The molecule has 0 bridgehead atoms. The van der Waals surface area contributed by atoms with E-state index >= 15 is 0 Å². The summed E-state index contributed by atoms with van der Waals surface area (Å²) in [6, 6.07) is 6.66. The lowest BCUT2D eigenvalue weighted by Gasteiger charge is -2.20. The normalized spacial score (nSPS) is 11.9. The molecule has 2 N–H and O–H groups in total. The van der Waals surface area contributed by atoms with Crippen molar-refractivity contribution in [1.82, 2.24) is 10.6 Å². The summed E-state index contributed by atoms with van der Waals surface area (Å²) in [4.78, 5) is 0. The Morgan fingerprint density at radius 3 is 2.26 bits per heavy atom. The van der Waals surface area contributed by atoms with Crippen LogP contribution in [0.15, 0.2) is 24.3 Å². The molecule has 0 aliphatic heterocycles. The van der Waals surface area contributed by atoms with E-state index in [1.54, 1.807) is 24.3 Å². The van der Waals surface area contributed by atoms with Crippen molar-refractivity contribution in [3.8, 4) is 5.75 Å². The van der Waals surface area contributed by atoms with Crippen molar-refractivity contribution in [1.29, 1.82) is 0 Å². The highest BCUT2D eigenvalue weighted by Crippen LogP contribution is 2.14. The van der Waals surface area contributed by atoms with E-state index in [1.807, 2.05) is 0 Å². The Morgan fingerprint density at radius 2 is 1.74 bits per heavy atom. The fourth-order valence-electron chi connectivity index (χ4n) is 1.55. The molecule has 0 saturated heterocycles. The minimum Gasteiger partial charge on any atom is -0.435 e. The molecular formula is C14H22F2N2O. The second-order valence-electron chi connectivity index (χ2n) is 5.38. The second kappa shape index (κ2) is 7.40. The second-order valence-corrected chi connectivity index (χ2v) is 5.38. The lowest BCUT2D eigenvalue weighted by Crippen LogP contribution is -2.40. The monoisotopic (exact) mass is 272 g/mol. The number of benzene rings is 1. The summed E-state index contributed by atoms with van der Waals surface area (Å²) < 4.78 is 28.2. The Bertz CT molecular complexity index is 361. The molecule has 1 rings (SSSR count). The van der Waals surface area contributed by atoms with Gasteiger partial charge in [0.15, 0.2) is 0 Å². The van der Waals surface area contributed by atoms with Crippen LogP contribution < -0.4 is 15.4 Å². The van der Waals surface area contributed by atoms with Gasteiger partial charge in [0.05, 0.1) is 0 Å². The van der Waals surface area contributed by atoms with Gasteiger partial charge in [0.1, 0.15) is 5.75 Å². The van der Waals surface area contributed by atoms with Crippen LogP contribution in [0.5, 0.6) is 5.75 Å². The van der Waals surface area contributed by atoms with Crippen molar-refractivity contribution in [3.05, 3.63) is 29.8 Å². The van der Waals surface area contributed by atoms with Crippen LogP contribution >= 0.6 is 0 Å². The lowest BCUT2D eigenvalue weighted by molar-refractivity contribution is -0.0498. The van der Waals surface area contributed by atoms with Crippen molar-refractivity contribution in [2.45, 2.75) is 39.5 Å². The first kappa shape index (κ1) is 15.9. The smallest absolute Gasteiger partial charge is 0.387 e. The zero-order valence-electron chi connectivity index (χ0n) is 11.7. The molecular weight excluding hydrogens is 250 g/mol. The van der Waals surface area contributed by atoms with Gasteiger partial charge in [-0.05, 0) is 38.5 Å². The molecule has 0 aliphatic rings. The van der Waals surface area contributed by atoms with Crippen LogP contribution in [0.25, 0.3) is 0 Å². The average molecular weight is 272 g/mol. The standard InChI is InChI=1S/C14H22F2N2O/c1-14(2,3)18-9-8-17-10-11-4-6-12(7-5-11)19-13(15)16/h4-7,13,17-18H,8-10H2,1-3H3. The Kier molecular flexibility index (Phi) is 6.18. The van der Waals surface area contributed by atoms with E-state index < -0.39 is 6.61 Å². The minimum atomic E-state index is -2.77. The highest BCUT2D eigenvalue weighted by atomic mass is 19.3. The third-order valence-electron chi connectivity index (χ3n) is 2.43. The highest BCUT2D eigenvalue weighted by Gasteiger charge is 2.07. The predicted molar refractivity (Wildman–Crippen MR) is 72.5 cm³/mol. The third-order valence-corrected chi connectivity index (χ3v) is 2.43. The summed E-state index contributed by atoms with van der Waals surface area (Å²) in [6.07, 6.45) is 0. The van der Waals surface area contributed by atoms with E-state index in [2.05, 4.69) is 36.1 Å². The zero-order chi connectivity index (χ0) is 14.3. The van der Waals surface area contributed by atoms with Gasteiger partial charge in [0, 0.05) is 25.2 Å². The molecule has 0 spiro atoms. The molecule has 5 heteroatoms. The van der Waals surface area contributed by atoms with E-state index in [9.17, 15) is 8.78 Å². The first-order chi connectivity index (χ1) is 8.87. The maximum Gasteiger partial charge on any atom is 0.387 e. The Balaban J connectivity index is 2.23. The fourth-order valence-corrected chi connectivity index (χ4v) is 1.55. The van der Waals surface area contributed by atoms with Crippen LogP contribution in [0, 0.1) is 0 Å². The molecule has 0 heterocycles. The molecule has 0 atom stereocenters. The van der Waals surface area contributed by atoms with Crippen molar-refractivity contribution >= 4 is 0 Å². The predicted octanol–water partition coefficient (Wildman–Crippen LogP) is 2.77. The van der Waals surface area contributed by atoms with E-state index in [-0.39, 0.29) is 11.3 Å². The van der Waals surface area contributed by atoms with E-state index in [1.165, 1.54) is 0 Å². The van der Waals surface area contributed by atoms with Gasteiger partial charge >= 0.3 is 6.61 Å². The Hall–Kier alpha value is -1.20. The fraction of sp³-hybridized carbons (Fsp3) is 0.571. The molecule has 0 unspecified atom stereocenters. The number of hydrogen-bond donors (Lipinski definition) is 2. The maximum absolute atomic E-state index is 12.0. The van der Waals surface area contributed by atoms with Crippen LogP contribution in [-0.2, 0) is 6.54 Å². The van der Waals surface area contributed by atoms with Gasteiger partial charge in [-0.3, -0.25) is 0 Å². The molecule has 108 valence electrons. The summed E-state index contributed by atoms with van der Waals surface area (Å²) in [6.45, 7) is 6.04. The molecule has 0 aromatic heterocycles. The third kappa shape index (κ3) is 7.74. The van der Waals surface area contributed by atoms with Crippen LogP contribution in [0.1, 0.15) is 26.3 Å². The van der Waals surface area contributed by atoms with Gasteiger partial charge in [-0.1, -0.05) is 12.1 Å². The first-order valence-electron chi connectivity index (χ1n) is 6.36. The molecule has 0 saturated carbocycles. The molecule has 19 heavy (non-hydrogen) atoms. The van der Waals surface area contributed by atoms with E-state index in [0.717, 1.165) is 18.7 Å². The van der Waals surface area contributed by atoms with Crippen LogP contribution in [-0.4, -0.2) is 25.2 Å². The molecule has 1 aromatic rings. The number of halogens is 2. The minimum absolute atomic E-state index is 0.121. The summed E-state index contributed by atoms with van der Waals surface area (Å²) in [5, 5.41) is 6.66. The van der Waals surface area contributed by atoms with E-state index in [4.69, 9.17) is 0 Å². The SMILES string of the molecule is CC(C)(C)NCCNCc1ccc(OC(F)F)cc1. The molecule has 0 aliphatic carbocycles. The van der Waals surface area contributed by atoms with Gasteiger partial charge in [-0.25, -0.2) is 0 Å². The van der Waals surface area contributed by atoms with Crippen molar-refractivity contribution in [3.63, 3.8) is 0 Å². The Morgan fingerprint density at radius 1 is 1.11 bits per heavy atom. The summed E-state index contributed by atoms with van der Waals surface area (Å²) in [5.74, 6) is 0.188. The largest absolute Gasteiger partial charge is 0.435 e. The Labute approximate surface area is 113 Å². The highest BCUT2D eigenvalue weighted by molar-refractivity contribution is 5.27. The lowest BCUT2D eigenvalue weighted by atomic mass is 10.1. The average Bonchev–Trinajstić information content (AvgIpc) is 2.28. The summed E-state index contributed by atoms with van der Waals surface area (Å²) in [5.41, 5.74) is 1.16. The number of nitrogens with one attached hydrogen (secondary N) is 2. The summed E-state index contributed by atoms with van der Waals surface area (Å²) in [7, 11) is 0. The molecule has 3 nitrogen and oxygen atoms in total. The molecule has 0 fully saturated rings. The molecule has 1 aromatic carbocycles. The van der Waals surface area contributed by atoms with Crippen LogP contribution in [0.2, 0.25) is 0 Å². The van der Waals surface area contributed by atoms with Crippen LogP contribution in [0.4, 0.5) is 8.78 Å². The van der Waals surface area contributed by atoms with E-state index in [0.29, 0.717) is 6.54 Å². The van der Waals surface area contributed by atoms with Crippen LogP contribution in [0.3, 0.4) is 0 Å².